The summed E-state index contributed by atoms with van der Waals surface area (Å²) in [6.07, 6.45) is 4.18. The van der Waals surface area contributed by atoms with Crippen LogP contribution in [0.5, 0.6) is 0 Å². The Morgan fingerprint density at radius 2 is 2.12 bits per heavy atom. The van der Waals surface area contributed by atoms with Gasteiger partial charge in [-0.2, -0.15) is 5.10 Å². The maximum Gasteiger partial charge on any atom is 0.341 e. The molecule has 0 bridgehead atoms. The topological polar surface area (TPSA) is 68.2 Å². The van der Waals surface area contributed by atoms with Crippen LogP contribution in [-0.2, 0) is 24.6 Å². The fraction of sp³-hybridized carbons (Fsp3) is 0.438. The van der Waals surface area contributed by atoms with Gasteiger partial charge in [0.25, 0.3) is 0 Å². The first-order chi connectivity index (χ1) is 11.5. The van der Waals surface area contributed by atoms with Crippen LogP contribution in [0.25, 0.3) is 0 Å². The number of hydrogen-bond acceptors (Lipinski definition) is 5. The molecule has 1 aliphatic rings. The standard InChI is InChI=1S/C16H20N4O2S2/c1-9-8-12(19-20(9)2)17-16(23)18-14-13(15(21)22-3)10-6-4-5-7-11(10)24-14/h8H,4-7H2,1-3H3,(H2,17,18,19,23). The summed E-state index contributed by atoms with van der Waals surface area (Å²) >= 11 is 6.96. The lowest BCUT2D eigenvalue weighted by molar-refractivity contribution is 0.0601. The van der Waals surface area contributed by atoms with Crippen molar-refractivity contribution in [3.8, 4) is 0 Å². The number of methoxy groups -OCH3 is 1. The van der Waals surface area contributed by atoms with Crippen molar-refractivity contribution >= 4 is 45.5 Å². The van der Waals surface area contributed by atoms with Crippen LogP contribution in [0.3, 0.4) is 0 Å². The van der Waals surface area contributed by atoms with E-state index in [0.717, 1.165) is 41.9 Å². The van der Waals surface area contributed by atoms with Crippen molar-refractivity contribution in [2.75, 3.05) is 17.7 Å². The average molecular weight is 364 g/mol. The van der Waals surface area contributed by atoms with Gasteiger partial charge in [-0.3, -0.25) is 4.68 Å². The van der Waals surface area contributed by atoms with Crippen molar-refractivity contribution < 1.29 is 9.53 Å². The Morgan fingerprint density at radius 3 is 2.79 bits per heavy atom. The van der Waals surface area contributed by atoms with E-state index in [1.54, 1.807) is 16.0 Å². The Bertz CT molecular complexity index is 775. The van der Waals surface area contributed by atoms with Gasteiger partial charge in [-0.15, -0.1) is 11.3 Å². The van der Waals surface area contributed by atoms with Crippen molar-refractivity contribution in [3.63, 3.8) is 0 Å². The number of nitrogens with zero attached hydrogens (tertiary/aromatic N) is 2. The Morgan fingerprint density at radius 1 is 1.38 bits per heavy atom. The zero-order chi connectivity index (χ0) is 17.3. The number of carbonyl (C=O) groups excluding carboxylic acids is 1. The molecule has 128 valence electrons. The van der Waals surface area contributed by atoms with Crippen LogP contribution < -0.4 is 10.6 Å². The molecule has 0 fully saturated rings. The lowest BCUT2D eigenvalue weighted by atomic mass is 9.95. The number of carbonyl (C=O) groups is 1. The van der Waals surface area contributed by atoms with Gasteiger partial charge in [-0.25, -0.2) is 4.79 Å². The number of esters is 1. The molecular formula is C16H20N4O2S2. The minimum absolute atomic E-state index is 0.312. The molecule has 2 heterocycles. The number of nitrogens with one attached hydrogen (secondary N) is 2. The van der Waals surface area contributed by atoms with Crippen molar-refractivity contribution in [1.82, 2.24) is 9.78 Å². The van der Waals surface area contributed by atoms with E-state index in [0.29, 0.717) is 16.5 Å². The van der Waals surface area contributed by atoms with Crippen LogP contribution in [0.1, 0.15) is 39.3 Å². The van der Waals surface area contributed by atoms with Crippen molar-refractivity contribution in [3.05, 3.63) is 27.8 Å². The molecule has 24 heavy (non-hydrogen) atoms. The highest BCUT2D eigenvalue weighted by Gasteiger charge is 2.26. The van der Waals surface area contributed by atoms with E-state index in [4.69, 9.17) is 17.0 Å². The number of aryl methyl sites for hydroxylation is 3. The molecule has 0 aliphatic heterocycles. The fourth-order valence-corrected chi connectivity index (χ4v) is 4.40. The molecule has 3 rings (SSSR count). The third-order valence-electron chi connectivity index (χ3n) is 4.14. The minimum Gasteiger partial charge on any atom is -0.465 e. The average Bonchev–Trinajstić information content (AvgIpc) is 3.06. The molecule has 0 atom stereocenters. The first kappa shape index (κ1) is 16.9. The summed E-state index contributed by atoms with van der Waals surface area (Å²) in [5.74, 6) is 0.363. The van der Waals surface area contributed by atoms with E-state index < -0.39 is 0 Å². The minimum atomic E-state index is -0.312. The van der Waals surface area contributed by atoms with Crippen LogP contribution in [0, 0.1) is 6.92 Å². The quantitative estimate of drug-likeness (QED) is 0.644. The van der Waals surface area contributed by atoms with E-state index in [9.17, 15) is 4.79 Å². The van der Waals surface area contributed by atoms with Gasteiger partial charge in [-0.05, 0) is 50.4 Å². The molecule has 2 aromatic rings. The molecule has 0 spiro atoms. The van der Waals surface area contributed by atoms with E-state index in [2.05, 4.69) is 15.7 Å². The van der Waals surface area contributed by atoms with Crippen LogP contribution in [0.15, 0.2) is 6.07 Å². The second-order valence-electron chi connectivity index (χ2n) is 5.78. The molecule has 6 nitrogen and oxygen atoms in total. The van der Waals surface area contributed by atoms with E-state index in [1.165, 1.54) is 12.0 Å². The SMILES string of the molecule is COC(=O)c1c(NC(=S)Nc2cc(C)n(C)n2)sc2c1CCCC2. The Hall–Kier alpha value is -1.93. The highest BCUT2D eigenvalue weighted by molar-refractivity contribution is 7.80. The number of hydrogen-bond donors (Lipinski definition) is 2. The summed E-state index contributed by atoms with van der Waals surface area (Å²) < 4.78 is 6.74. The lowest BCUT2D eigenvalue weighted by Crippen LogP contribution is -2.20. The summed E-state index contributed by atoms with van der Waals surface area (Å²) in [6, 6.07) is 1.91. The highest BCUT2D eigenvalue weighted by Crippen LogP contribution is 2.38. The second kappa shape index (κ2) is 6.90. The first-order valence-corrected chi connectivity index (χ1v) is 9.03. The number of aromatic nitrogens is 2. The molecule has 0 unspecified atom stereocenters. The summed E-state index contributed by atoms with van der Waals surface area (Å²) in [4.78, 5) is 13.5. The third kappa shape index (κ3) is 3.29. The predicted octanol–water partition coefficient (Wildman–Crippen LogP) is 3.26. The summed E-state index contributed by atoms with van der Waals surface area (Å²) in [5, 5.41) is 11.7. The molecular weight excluding hydrogens is 344 g/mol. The van der Waals surface area contributed by atoms with Gasteiger partial charge >= 0.3 is 5.97 Å². The largest absolute Gasteiger partial charge is 0.465 e. The van der Waals surface area contributed by atoms with Crippen molar-refractivity contribution in [2.24, 2.45) is 7.05 Å². The molecule has 0 saturated heterocycles. The van der Waals surface area contributed by atoms with Crippen LogP contribution in [-0.4, -0.2) is 28.0 Å². The van der Waals surface area contributed by atoms with Crippen LogP contribution in [0.2, 0.25) is 0 Å². The second-order valence-corrected chi connectivity index (χ2v) is 7.29. The normalized spacial score (nSPS) is 13.3. The number of ether oxygens (including phenoxy) is 1. The number of anilines is 2. The molecule has 2 N–H and O–H groups in total. The van der Waals surface area contributed by atoms with Gasteiger partial charge in [0.1, 0.15) is 5.00 Å². The number of rotatable bonds is 3. The van der Waals surface area contributed by atoms with Gasteiger partial charge in [0.15, 0.2) is 10.9 Å². The highest BCUT2D eigenvalue weighted by atomic mass is 32.1. The van der Waals surface area contributed by atoms with E-state index in [1.807, 2.05) is 20.0 Å². The zero-order valence-electron chi connectivity index (χ0n) is 13.9. The smallest absolute Gasteiger partial charge is 0.341 e. The molecule has 2 aromatic heterocycles. The maximum atomic E-state index is 12.2. The van der Waals surface area contributed by atoms with Gasteiger partial charge in [-0.1, -0.05) is 0 Å². The number of fused-ring (bicyclic) bond motifs is 1. The Labute approximate surface area is 150 Å². The maximum absolute atomic E-state index is 12.2. The first-order valence-electron chi connectivity index (χ1n) is 7.81. The molecule has 0 aromatic carbocycles. The molecule has 1 aliphatic carbocycles. The summed E-state index contributed by atoms with van der Waals surface area (Å²) in [6.45, 7) is 1.97. The Kier molecular flexibility index (Phi) is 4.86. The fourth-order valence-electron chi connectivity index (χ4n) is 2.84. The van der Waals surface area contributed by atoms with Crippen molar-refractivity contribution in [1.29, 1.82) is 0 Å². The molecule has 0 saturated carbocycles. The summed E-state index contributed by atoms with van der Waals surface area (Å²) in [5.41, 5.74) is 2.76. The van der Waals surface area contributed by atoms with E-state index >= 15 is 0 Å². The summed E-state index contributed by atoms with van der Waals surface area (Å²) in [7, 11) is 3.28. The zero-order valence-corrected chi connectivity index (χ0v) is 15.6. The Balaban J connectivity index is 1.82. The van der Waals surface area contributed by atoms with Gasteiger partial charge in [0, 0.05) is 23.7 Å². The molecule has 0 amide bonds. The van der Waals surface area contributed by atoms with Crippen molar-refractivity contribution in [2.45, 2.75) is 32.6 Å². The number of thiophene rings is 1. The number of thiocarbonyl (C=S) groups is 1. The van der Waals surface area contributed by atoms with Crippen LogP contribution in [0.4, 0.5) is 10.8 Å². The van der Waals surface area contributed by atoms with Crippen LogP contribution >= 0.6 is 23.6 Å². The van der Waals surface area contributed by atoms with Gasteiger partial charge in [0.2, 0.25) is 0 Å². The monoisotopic (exact) mass is 364 g/mol. The third-order valence-corrected chi connectivity index (χ3v) is 5.55. The molecule has 0 radical (unpaired) electrons. The van der Waals surface area contributed by atoms with E-state index in [-0.39, 0.29) is 5.97 Å². The van der Waals surface area contributed by atoms with Gasteiger partial charge < -0.3 is 15.4 Å². The van der Waals surface area contributed by atoms with Gasteiger partial charge in [0.05, 0.1) is 12.7 Å². The predicted molar refractivity (Wildman–Crippen MR) is 100 cm³/mol. The lowest BCUT2D eigenvalue weighted by Gasteiger charge is -2.12. The molecule has 8 heteroatoms.